The fraction of sp³-hybridized carbons (Fsp3) is 0.516. The predicted octanol–water partition coefficient (Wildman–Crippen LogP) is 2.81. The summed E-state index contributed by atoms with van der Waals surface area (Å²) in [6.45, 7) is 4.85. The Hall–Kier alpha value is -3.70. The van der Waals surface area contributed by atoms with Crippen LogP contribution in [0.3, 0.4) is 0 Å². The van der Waals surface area contributed by atoms with Crippen LogP contribution in [0.1, 0.15) is 57.6 Å². The van der Waals surface area contributed by atoms with Gasteiger partial charge in [-0.05, 0) is 39.1 Å². The number of rotatable bonds is 3. The first-order valence-electron chi connectivity index (χ1n) is 14.4. The van der Waals surface area contributed by atoms with E-state index in [4.69, 9.17) is 29.4 Å². The molecule has 6 atom stereocenters. The van der Waals surface area contributed by atoms with Gasteiger partial charge < -0.3 is 39.4 Å². The summed E-state index contributed by atoms with van der Waals surface area (Å²) in [5, 5.41) is 22.0. The zero-order valence-corrected chi connectivity index (χ0v) is 26.3. The number of thioether (sulfide) groups is 1. The van der Waals surface area contributed by atoms with Crippen LogP contribution in [0.4, 0.5) is 0 Å². The van der Waals surface area contributed by atoms with Crippen molar-refractivity contribution in [3.05, 3.63) is 39.4 Å². The first-order chi connectivity index (χ1) is 21.0. The number of carbonyl (C=O) groups is 2. The third-order valence-electron chi connectivity index (χ3n) is 8.96. The van der Waals surface area contributed by atoms with Crippen molar-refractivity contribution < 1.29 is 38.4 Å². The topological polar surface area (TPSA) is 157 Å². The zero-order chi connectivity index (χ0) is 31.6. The minimum atomic E-state index is -0.901. The normalized spacial score (nSPS) is 27.4. The van der Waals surface area contributed by atoms with Crippen LogP contribution in [0.15, 0.2) is 6.07 Å². The molecule has 0 radical (unpaired) electrons. The number of hydrogen-bond acceptors (Lipinski definition) is 13. The summed E-state index contributed by atoms with van der Waals surface area (Å²) in [4.78, 5) is 29.6. The van der Waals surface area contributed by atoms with Crippen molar-refractivity contribution >= 4 is 23.7 Å². The number of methoxy groups -OCH3 is 1. The fourth-order valence-electron chi connectivity index (χ4n) is 7.31. The van der Waals surface area contributed by atoms with Gasteiger partial charge in [0.15, 0.2) is 23.0 Å². The summed E-state index contributed by atoms with van der Waals surface area (Å²) in [6.07, 6.45) is 0.296. The number of nitrogens with zero attached hydrogens (tertiary/aromatic N) is 3. The van der Waals surface area contributed by atoms with Gasteiger partial charge in [0.05, 0.1) is 30.5 Å². The Morgan fingerprint density at radius 2 is 1.91 bits per heavy atom. The molecule has 0 aliphatic carbocycles. The number of aryl methyl sites for hydroxylation is 1. The second kappa shape index (κ2) is 11.3. The largest absolute Gasteiger partial charge is 0.504 e. The molecule has 1 fully saturated rings. The number of aromatic hydroxyl groups is 1. The monoisotopic (exact) mass is 624 g/mol. The van der Waals surface area contributed by atoms with Gasteiger partial charge in [0.2, 0.25) is 6.79 Å². The van der Waals surface area contributed by atoms with Gasteiger partial charge in [0, 0.05) is 47.4 Å². The Labute approximate surface area is 259 Å². The van der Waals surface area contributed by atoms with Crippen molar-refractivity contribution in [3.63, 3.8) is 0 Å². The minimum absolute atomic E-state index is 0.0168. The fourth-order valence-corrected chi connectivity index (χ4v) is 8.75. The van der Waals surface area contributed by atoms with Crippen LogP contribution in [-0.2, 0) is 20.7 Å². The highest BCUT2D eigenvalue weighted by Gasteiger charge is 2.55. The summed E-state index contributed by atoms with van der Waals surface area (Å²) in [5.41, 5.74) is 10.5. The molecule has 2 unspecified atom stereocenters. The maximum atomic E-state index is 13.0. The lowest BCUT2D eigenvalue weighted by Gasteiger charge is -2.52. The molecule has 6 rings (SSSR count). The van der Waals surface area contributed by atoms with Gasteiger partial charge in [-0.3, -0.25) is 14.5 Å². The number of carbonyl (C=O) groups excluding carboxylic acids is 2. The van der Waals surface area contributed by atoms with Crippen LogP contribution < -0.4 is 24.7 Å². The third-order valence-corrected chi connectivity index (χ3v) is 10.4. The number of ether oxygens (including phenoxy) is 5. The lowest BCUT2D eigenvalue weighted by atomic mass is 9.80. The molecule has 4 heterocycles. The molecule has 12 nitrogen and oxygen atoms in total. The van der Waals surface area contributed by atoms with Crippen molar-refractivity contribution in [1.29, 1.82) is 5.26 Å². The van der Waals surface area contributed by atoms with Gasteiger partial charge in [0.1, 0.15) is 24.4 Å². The SMILES string of the molecule is COc1c(C)cc2c(c1O)[C@@H](N(C)C)C1[C@H]3SCC(N)C(=O)OC[C@H](c4c5c(c(C)c(OC(C)=O)c43)OCO5)N1[C@@H](C#N)C2. The van der Waals surface area contributed by atoms with Gasteiger partial charge >= 0.3 is 11.9 Å². The number of hydrogen-bond donors (Lipinski definition) is 2. The van der Waals surface area contributed by atoms with E-state index in [1.165, 1.54) is 25.8 Å². The second-order valence-electron chi connectivity index (χ2n) is 11.8. The van der Waals surface area contributed by atoms with E-state index in [9.17, 15) is 20.0 Å². The van der Waals surface area contributed by atoms with Crippen molar-refractivity contribution in [2.75, 3.05) is 40.4 Å². The van der Waals surface area contributed by atoms with Crippen LogP contribution >= 0.6 is 11.8 Å². The van der Waals surface area contributed by atoms with E-state index in [0.29, 0.717) is 51.7 Å². The van der Waals surface area contributed by atoms with Gasteiger partial charge in [-0.15, -0.1) is 11.8 Å². The van der Waals surface area contributed by atoms with Crippen molar-refractivity contribution in [2.45, 2.75) is 62.7 Å². The lowest BCUT2D eigenvalue weighted by Crippen LogP contribution is -2.56. The molecule has 234 valence electrons. The zero-order valence-electron chi connectivity index (χ0n) is 25.5. The van der Waals surface area contributed by atoms with Gasteiger partial charge in [0.25, 0.3) is 0 Å². The van der Waals surface area contributed by atoms with Gasteiger partial charge in [-0.25, -0.2) is 0 Å². The summed E-state index contributed by atoms with van der Waals surface area (Å²) in [6, 6.07) is 1.23. The quantitative estimate of drug-likeness (QED) is 0.380. The number of phenols is 1. The molecule has 13 heteroatoms. The number of nitriles is 1. The van der Waals surface area contributed by atoms with Crippen molar-refractivity contribution in [3.8, 4) is 34.8 Å². The molecule has 1 saturated heterocycles. The van der Waals surface area contributed by atoms with E-state index in [2.05, 4.69) is 11.0 Å². The standard InChI is InChI=1S/C31H36N4O8S/c1-13-7-16-8-17(9-32)35-19-10-40-31(38)18(33)11-44-30(24(35)23(34(4)5)20(16)25(37)26(13)39-6)22-21(19)29-28(41-12-42-29)14(2)27(22)43-15(3)36/h7,17-19,23-24,30,37H,8,10-12,33H2,1-6H3/t17-,18?,19-,23-,24?,30+/m1/s1. The molecule has 0 aromatic heterocycles. The van der Waals surface area contributed by atoms with Gasteiger partial charge in [-0.1, -0.05) is 6.07 Å². The number of benzene rings is 2. The Kier molecular flexibility index (Phi) is 7.82. The summed E-state index contributed by atoms with van der Waals surface area (Å²) in [7, 11) is 5.37. The molecule has 0 saturated carbocycles. The molecule has 0 spiro atoms. The third kappa shape index (κ3) is 4.54. The summed E-state index contributed by atoms with van der Waals surface area (Å²) < 4.78 is 29.4. The maximum absolute atomic E-state index is 13.0. The van der Waals surface area contributed by atoms with Crippen LogP contribution in [-0.4, -0.2) is 85.3 Å². The smallest absolute Gasteiger partial charge is 0.323 e. The minimum Gasteiger partial charge on any atom is -0.504 e. The highest BCUT2D eigenvalue weighted by molar-refractivity contribution is 7.99. The van der Waals surface area contributed by atoms with Gasteiger partial charge in [-0.2, -0.15) is 5.26 Å². The Morgan fingerprint density at radius 1 is 1.18 bits per heavy atom. The molecule has 3 N–H and O–H groups in total. The molecular weight excluding hydrogens is 588 g/mol. The average molecular weight is 625 g/mol. The van der Waals surface area contributed by atoms with Crippen LogP contribution in [0.25, 0.3) is 0 Å². The average Bonchev–Trinajstić information content (AvgIpc) is 3.41. The van der Waals surface area contributed by atoms with E-state index in [0.717, 1.165) is 11.1 Å². The predicted molar refractivity (Wildman–Crippen MR) is 160 cm³/mol. The first kappa shape index (κ1) is 30.3. The Morgan fingerprint density at radius 3 is 2.57 bits per heavy atom. The summed E-state index contributed by atoms with van der Waals surface area (Å²) in [5.74, 6) is 0.798. The number of cyclic esters (lactones) is 1. The molecular formula is C31H36N4O8S. The van der Waals surface area contributed by atoms with E-state index in [1.54, 1.807) is 0 Å². The molecule has 44 heavy (non-hydrogen) atoms. The number of esters is 2. The summed E-state index contributed by atoms with van der Waals surface area (Å²) >= 11 is 1.43. The Balaban J connectivity index is 1.72. The number of nitrogens with two attached hydrogens (primary N) is 1. The molecule has 4 aliphatic rings. The van der Waals surface area contributed by atoms with E-state index < -0.39 is 47.4 Å². The molecule has 2 aromatic rings. The maximum Gasteiger partial charge on any atom is 0.323 e. The lowest BCUT2D eigenvalue weighted by molar-refractivity contribution is -0.148. The van der Waals surface area contributed by atoms with E-state index in [-0.39, 0.29) is 24.9 Å². The molecule has 4 aliphatic heterocycles. The highest BCUT2D eigenvalue weighted by Crippen LogP contribution is 2.62. The number of fused-ring (bicyclic) bond motifs is 6. The Bertz CT molecular complexity index is 1590. The van der Waals surface area contributed by atoms with Crippen LogP contribution in [0.2, 0.25) is 0 Å². The van der Waals surface area contributed by atoms with Crippen molar-refractivity contribution in [2.24, 2.45) is 5.73 Å². The van der Waals surface area contributed by atoms with Crippen LogP contribution in [0, 0.1) is 25.2 Å². The number of likely N-dealkylation sites (N-methyl/N-ethyl adjacent to an activating group) is 1. The molecule has 2 bridgehead atoms. The van der Waals surface area contributed by atoms with Crippen LogP contribution in [0.5, 0.6) is 28.7 Å². The van der Waals surface area contributed by atoms with E-state index in [1.807, 2.05) is 38.9 Å². The number of phenolic OH excluding ortho intramolecular Hbond substituents is 1. The molecule has 0 amide bonds. The second-order valence-corrected chi connectivity index (χ2v) is 13.0. The molecule has 2 aromatic carbocycles. The first-order valence-corrected chi connectivity index (χ1v) is 15.5. The van der Waals surface area contributed by atoms with E-state index >= 15 is 0 Å². The van der Waals surface area contributed by atoms with Crippen molar-refractivity contribution in [1.82, 2.24) is 9.80 Å². The highest BCUT2D eigenvalue weighted by atomic mass is 32.2.